The van der Waals surface area contributed by atoms with Crippen LogP contribution >= 0.6 is 0 Å². The monoisotopic (exact) mass is 208 g/mol. The van der Waals surface area contributed by atoms with Crippen LogP contribution in [0.25, 0.3) is 0 Å². The normalized spacial score (nSPS) is 10.4. The molecule has 0 aliphatic rings. The van der Waals surface area contributed by atoms with E-state index in [0.717, 1.165) is 18.8 Å². The fourth-order valence-corrected chi connectivity index (χ4v) is 1.23. The maximum absolute atomic E-state index is 5.32. The molecule has 0 fully saturated rings. The molecule has 1 N–H and O–H groups in total. The van der Waals surface area contributed by atoms with Crippen LogP contribution in [0.2, 0.25) is 0 Å². The van der Waals surface area contributed by atoms with Gasteiger partial charge in [-0.1, -0.05) is 19.9 Å². The molecular formula is C12H20N2O. The number of pyridine rings is 1. The van der Waals surface area contributed by atoms with Crippen molar-refractivity contribution in [3.8, 4) is 5.88 Å². The Balaban J connectivity index is 2.43. The van der Waals surface area contributed by atoms with Gasteiger partial charge in [0.2, 0.25) is 5.88 Å². The molecule has 0 bridgehead atoms. The zero-order valence-corrected chi connectivity index (χ0v) is 9.79. The van der Waals surface area contributed by atoms with Gasteiger partial charge in [0, 0.05) is 12.6 Å². The summed E-state index contributed by atoms with van der Waals surface area (Å²) in [5.74, 6) is 2.29. The number of rotatable bonds is 6. The van der Waals surface area contributed by atoms with Gasteiger partial charge < -0.3 is 10.1 Å². The van der Waals surface area contributed by atoms with Crippen molar-refractivity contribution < 1.29 is 4.74 Å². The first-order chi connectivity index (χ1) is 7.22. The third kappa shape index (κ3) is 4.68. The lowest BCUT2D eigenvalue weighted by Gasteiger charge is -2.08. The molecule has 0 saturated heterocycles. The van der Waals surface area contributed by atoms with Crippen LogP contribution in [0.5, 0.6) is 5.88 Å². The summed E-state index contributed by atoms with van der Waals surface area (Å²) in [5.41, 5.74) is 0. The molecule has 0 amide bonds. The second-order valence-corrected chi connectivity index (χ2v) is 3.90. The Morgan fingerprint density at radius 3 is 2.87 bits per heavy atom. The Kier molecular flexibility index (Phi) is 4.95. The number of hydrogen-bond donors (Lipinski definition) is 1. The van der Waals surface area contributed by atoms with Gasteiger partial charge in [0.05, 0.1) is 6.61 Å². The molecule has 1 aromatic rings. The summed E-state index contributed by atoms with van der Waals surface area (Å²) in [6, 6.07) is 5.79. The predicted molar refractivity (Wildman–Crippen MR) is 63.4 cm³/mol. The molecule has 0 aliphatic carbocycles. The van der Waals surface area contributed by atoms with Gasteiger partial charge in [-0.25, -0.2) is 0 Å². The first kappa shape index (κ1) is 11.8. The van der Waals surface area contributed by atoms with Crippen molar-refractivity contribution in [3.63, 3.8) is 0 Å². The molecule has 0 aliphatic heterocycles. The SMILES string of the molecule is CCOc1cccc(NCCC(C)C)n1. The number of aromatic nitrogens is 1. The summed E-state index contributed by atoms with van der Waals surface area (Å²) in [4.78, 5) is 4.33. The highest BCUT2D eigenvalue weighted by atomic mass is 16.5. The molecule has 0 saturated carbocycles. The Morgan fingerprint density at radius 1 is 1.40 bits per heavy atom. The van der Waals surface area contributed by atoms with E-state index in [2.05, 4.69) is 24.1 Å². The van der Waals surface area contributed by atoms with Gasteiger partial charge in [0.25, 0.3) is 0 Å². The largest absolute Gasteiger partial charge is 0.478 e. The maximum atomic E-state index is 5.32. The van der Waals surface area contributed by atoms with Gasteiger partial charge in [-0.3, -0.25) is 0 Å². The smallest absolute Gasteiger partial charge is 0.215 e. The van der Waals surface area contributed by atoms with Crippen LogP contribution in [0.4, 0.5) is 5.82 Å². The number of nitrogens with zero attached hydrogens (tertiary/aromatic N) is 1. The molecule has 3 nitrogen and oxygen atoms in total. The zero-order valence-electron chi connectivity index (χ0n) is 9.79. The van der Waals surface area contributed by atoms with Crippen molar-refractivity contribution in [3.05, 3.63) is 18.2 Å². The maximum Gasteiger partial charge on any atom is 0.215 e. The fraction of sp³-hybridized carbons (Fsp3) is 0.583. The summed E-state index contributed by atoms with van der Waals surface area (Å²) in [6.07, 6.45) is 1.15. The minimum atomic E-state index is 0.655. The molecular weight excluding hydrogens is 188 g/mol. The summed E-state index contributed by atoms with van der Waals surface area (Å²) in [5, 5.41) is 3.28. The van der Waals surface area contributed by atoms with Crippen molar-refractivity contribution >= 4 is 5.82 Å². The zero-order chi connectivity index (χ0) is 11.1. The van der Waals surface area contributed by atoms with Crippen LogP contribution in [0, 0.1) is 5.92 Å². The van der Waals surface area contributed by atoms with Crippen LogP contribution in [0.1, 0.15) is 27.2 Å². The third-order valence-corrected chi connectivity index (χ3v) is 2.04. The number of anilines is 1. The standard InChI is InChI=1S/C12H20N2O/c1-4-15-12-7-5-6-11(14-12)13-9-8-10(2)3/h5-7,10H,4,8-9H2,1-3H3,(H,13,14). The van der Waals surface area contributed by atoms with E-state index in [4.69, 9.17) is 4.74 Å². The van der Waals surface area contributed by atoms with E-state index >= 15 is 0 Å². The molecule has 1 heterocycles. The van der Waals surface area contributed by atoms with Crippen LogP contribution in [-0.4, -0.2) is 18.1 Å². The Morgan fingerprint density at radius 2 is 2.20 bits per heavy atom. The Bertz CT molecular complexity index is 287. The molecule has 1 rings (SSSR count). The molecule has 84 valence electrons. The van der Waals surface area contributed by atoms with Crippen molar-refractivity contribution in [1.29, 1.82) is 0 Å². The van der Waals surface area contributed by atoms with Gasteiger partial charge in [-0.05, 0) is 25.3 Å². The summed E-state index contributed by atoms with van der Waals surface area (Å²) in [7, 11) is 0. The van der Waals surface area contributed by atoms with E-state index in [1.807, 2.05) is 25.1 Å². The van der Waals surface area contributed by atoms with Crippen LogP contribution in [-0.2, 0) is 0 Å². The molecule has 15 heavy (non-hydrogen) atoms. The number of hydrogen-bond acceptors (Lipinski definition) is 3. The Hall–Kier alpha value is -1.25. The van der Waals surface area contributed by atoms with Crippen LogP contribution in [0.3, 0.4) is 0 Å². The molecule has 3 heteroatoms. The van der Waals surface area contributed by atoms with E-state index in [0.29, 0.717) is 18.4 Å². The molecule has 0 aromatic carbocycles. The summed E-state index contributed by atoms with van der Waals surface area (Å²) in [6.45, 7) is 8.00. The van der Waals surface area contributed by atoms with Crippen LogP contribution in [0.15, 0.2) is 18.2 Å². The second-order valence-electron chi connectivity index (χ2n) is 3.90. The number of ether oxygens (including phenoxy) is 1. The van der Waals surface area contributed by atoms with Crippen molar-refractivity contribution in [2.24, 2.45) is 5.92 Å². The highest BCUT2D eigenvalue weighted by molar-refractivity contribution is 5.36. The van der Waals surface area contributed by atoms with Crippen molar-refractivity contribution in [2.75, 3.05) is 18.5 Å². The Labute approximate surface area is 91.9 Å². The van der Waals surface area contributed by atoms with Gasteiger partial charge in [0.15, 0.2) is 0 Å². The highest BCUT2D eigenvalue weighted by Gasteiger charge is 1.98. The lowest BCUT2D eigenvalue weighted by atomic mass is 10.1. The van der Waals surface area contributed by atoms with Gasteiger partial charge in [0.1, 0.15) is 5.82 Å². The quantitative estimate of drug-likeness (QED) is 0.780. The predicted octanol–water partition coefficient (Wildman–Crippen LogP) is 2.94. The summed E-state index contributed by atoms with van der Waals surface area (Å²) < 4.78 is 5.32. The number of nitrogens with one attached hydrogen (secondary N) is 1. The summed E-state index contributed by atoms with van der Waals surface area (Å²) >= 11 is 0. The van der Waals surface area contributed by atoms with E-state index in [1.165, 1.54) is 0 Å². The lowest BCUT2D eigenvalue weighted by molar-refractivity contribution is 0.327. The van der Waals surface area contributed by atoms with Gasteiger partial charge in [-0.2, -0.15) is 4.98 Å². The molecule has 1 aromatic heterocycles. The van der Waals surface area contributed by atoms with E-state index in [-0.39, 0.29) is 0 Å². The first-order valence-electron chi connectivity index (χ1n) is 5.56. The average molecular weight is 208 g/mol. The molecule has 0 radical (unpaired) electrons. The van der Waals surface area contributed by atoms with Crippen molar-refractivity contribution in [2.45, 2.75) is 27.2 Å². The molecule has 0 spiro atoms. The third-order valence-electron chi connectivity index (χ3n) is 2.04. The average Bonchev–Trinajstić information content (AvgIpc) is 2.18. The minimum Gasteiger partial charge on any atom is -0.478 e. The second kappa shape index (κ2) is 6.27. The van der Waals surface area contributed by atoms with E-state index in [9.17, 15) is 0 Å². The van der Waals surface area contributed by atoms with Crippen LogP contribution < -0.4 is 10.1 Å². The molecule has 0 unspecified atom stereocenters. The first-order valence-corrected chi connectivity index (χ1v) is 5.56. The lowest BCUT2D eigenvalue weighted by Crippen LogP contribution is -2.06. The van der Waals surface area contributed by atoms with Crippen molar-refractivity contribution in [1.82, 2.24) is 4.98 Å². The van der Waals surface area contributed by atoms with E-state index < -0.39 is 0 Å². The fourth-order valence-electron chi connectivity index (χ4n) is 1.23. The highest BCUT2D eigenvalue weighted by Crippen LogP contribution is 2.11. The minimum absolute atomic E-state index is 0.655. The topological polar surface area (TPSA) is 34.1 Å². The van der Waals surface area contributed by atoms with E-state index in [1.54, 1.807) is 0 Å². The van der Waals surface area contributed by atoms with Gasteiger partial charge in [-0.15, -0.1) is 0 Å². The van der Waals surface area contributed by atoms with Gasteiger partial charge >= 0.3 is 0 Å². The molecule has 0 atom stereocenters.